The van der Waals surface area contributed by atoms with Crippen molar-refractivity contribution >= 4 is 66.9 Å². The van der Waals surface area contributed by atoms with Gasteiger partial charge in [-0.1, -0.05) is 52.3 Å². The van der Waals surface area contributed by atoms with Gasteiger partial charge in [0.25, 0.3) is 11.6 Å². The van der Waals surface area contributed by atoms with Gasteiger partial charge in [-0.15, -0.1) is 0 Å². The van der Waals surface area contributed by atoms with Gasteiger partial charge in [-0.25, -0.2) is 0 Å². The van der Waals surface area contributed by atoms with Crippen LogP contribution in [0.25, 0.3) is 0 Å². The highest BCUT2D eigenvalue weighted by Crippen LogP contribution is 2.59. The zero-order valence-corrected chi connectivity index (χ0v) is 19.0. The summed E-state index contributed by atoms with van der Waals surface area (Å²) in [7, 11) is 3.29. The van der Waals surface area contributed by atoms with Gasteiger partial charge >= 0.3 is 0 Å². The van der Waals surface area contributed by atoms with E-state index in [0.717, 1.165) is 21.0 Å². The molecular weight excluding hydrogens is 448 g/mol. The van der Waals surface area contributed by atoms with Gasteiger partial charge in [0.05, 0.1) is 19.9 Å². The quantitative estimate of drug-likeness (QED) is 0.229. The minimum Gasteiger partial charge on any atom is -0.301 e. The molecule has 0 aromatic heterocycles. The molecule has 4 rings (SSSR count). The van der Waals surface area contributed by atoms with Crippen LogP contribution in [0.5, 0.6) is 0 Å². The summed E-state index contributed by atoms with van der Waals surface area (Å²) in [5.74, 6) is -0.213. The van der Waals surface area contributed by atoms with Gasteiger partial charge in [-0.2, -0.15) is 0 Å². The summed E-state index contributed by atoms with van der Waals surface area (Å²) in [6, 6.07) is 10.2. The van der Waals surface area contributed by atoms with Crippen LogP contribution >= 0.6 is 45.4 Å². The first kappa shape index (κ1) is 20.7. The number of nitrogens with zero attached hydrogens (tertiary/aromatic N) is 2. The molecule has 29 heavy (non-hydrogen) atoms. The number of anilines is 1. The van der Waals surface area contributed by atoms with Crippen LogP contribution in [-0.2, 0) is 0 Å². The number of halogens is 1. The van der Waals surface area contributed by atoms with E-state index in [1.165, 1.54) is 18.2 Å². The van der Waals surface area contributed by atoms with Crippen molar-refractivity contribution < 1.29 is 9.72 Å². The maximum Gasteiger partial charge on any atom is 0.288 e. The number of hydrogen-bond donors (Lipinski definition) is 0. The van der Waals surface area contributed by atoms with E-state index in [1.807, 2.05) is 32.9 Å². The van der Waals surface area contributed by atoms with Gasteiger partial charge in [-0.05, 0) is 55.3 Å². The first-order valence-corrected chi connectivity index (χ1v) is 11.9. The number of fused-ring (bicyclic) bond motifs is 3. The first-order valence-electron chi connectivity index (χ1n) is 8.89. The lowest BCUT2D eigenvalue weighted by atomic mass is 9.78. The molecule has 0 radical (unpaired) electrons. The number of benzene rings is 2. The van der Waals surface area contributed by atoms with E-state index in [1.54, 1.807) is 26.5 Å². The van der Waals surface area contributed by atoms with Crippen molar-refractivity contribution in [3.63, 3.8) is 0 Å². The van der Waals surface area contributed by atoms with E-state index < -0.39 is 10.5 Å². The van der Waals surface area contributed by atoms with Gasteiger partial charge in [0, 0.05) is 23.2 Å². The zero-order chi connectivity index (χ0) is 21.1. The van der Waals surface area contributed by atoms with Crippen LogP contribution in [0.3, 0.4) is 0 Å². The van der Waals surface area contributed by atoms with Crippen LogP contribution in [-0.4, -0.2) is 25.8 Å². The van der Waals surface area contributed by atoms with E-state index in [0.29, 0.717) is 0 Å². The molecule has 1 fully saturated rings. The molecule has 2 aliphatic rings. The van der Waals surface area contributed by atoms with Gasteiger partial charge in [-0.3, -0.25) is 14.9 Å². The van der Waals surface area contributed by atoms with Crippen LogP contribution in [0.15, 0.2) is 36.4 Å². The predicted octanol–water partition coefficient (Wildman–Crippen LogP) is 6.17. The number of hydrogen-bond acceptors (Lipinski definition) is 6. The first-order chi connectivity index (χ1) is 13.6. The van der Waals surface area contributed by atoms with Crippen molar-refractivity contribution in [2.45, 2.75) is 37.5 Å². The summed E-state index contributed by atoms with van der Waals surface area (Å²) in [6.07, 6.45) is 0. The number of aryl methyl sites for hydroxylation is 1. The number of nitro benzene ring substituents is 1. The fourth-order valence-corrected chi connectivity index (χ4v) is 8.22. The Kier molecular flexibility index (Phi) is 5.17. The summed E-state index contributed by atoms with van der Waals surface area (Å²) in [6.45, 7) is 6.07. The Morgan fingerprint density at radius 2 is 2.00 bits per heavy atom. The van der Waals surface area contributed by atoms with Gasteiger partial charge in [0.2, 0.25) is 0 Å². The third kappa shape index (κ3) is 3.26. The zero-order valence-electron chi connectivity index (χ0n) is 15.8. The standard InChI is InChI=1S/C20H17ClN2O3S3/c1-10-4-7-14-12(8-10)16-17(28-29-19(16)27)20(2,3)22(14)18(24)11-5-6-13(21)15(9-11)23(25)26/h4-9,16-17H,1-3H3/t16-,17-/m0/s1. The number of carbonyl (C=O) groups excluding carboxylic acids is 1. The fraction of sp³-hybridized carbons (Fsp3) is 0.300. The molecule has 0 bridgehead atoms. The second-order valence-electron chi connectivity index (χ2n) is 7.68. The average molecular weight is 465 g/mol. The Morgan fingerprint density at radius 3 is 2.69 bits per heavy atom. The van der Waals surface area contributed by atoms with Crippen LogP contribution in [0.4, 0.5) is 11.4 Å². The maximum absolute atomic E-state index is 13.6. The van der Waals surface area contributed by atoms with Crippen molar-refractivity contribution in [2.75, 3.05) is 4.90 Å². The molecule has 9 heteroatoms. The normalized spacial score (nSPS) is 22.2. The highest BCUT2D eigenvalue weighted by atomic mass is 35.5. The lowest BCUT2D eigenvalue weighted by Gasteiger charge is -2.49. The summed E-state index contributed by atoms with van der Waals surface area (Å²) < 4.78 is 0.925. The van der Waals surface area contributed by atoms with Crippen LogP contribution < -0.4 is 4.90 Å². The van der Waals surface area contributed by atoms with Crippen molar-refractivity contribution in [1.82, 2.24) is 0 Å². The van der Waals surface area contributed by atoms with Crippen LogP contribution in [0.1, 0.15) is 41.3 Å². The van der Waals surface area contributed by atoms with E-state index in [-0.39, 0.29) is 33.3 Å². The largest absolute Gasteiger partial charge is 0.301 e. The van der Waals surface area contributed by atoms with Crippen molar-refractivity contribution in [3.05, 3.63) is 68.2 Å². The number of rotatable bonds is 2. The van der Waals surface area contributed by atoms with E-state index in [9.17, 15) is 14.9 Å². The highest BCUT2D eigenvalue weighted by Gasteiger charge is 2.53. The van der Waals surface area contributed by atoms with E-state index in [4.69, 9.17) is 23.8 Å². The molecule has 0 spiro atoms. The number of carbonyl (C=O) groups is 1. The molecule has 0 saturated carbocycles. The van der Waals surface area contributed by atoms with Gasteiger partial charge < -0.3 is 4.90 Å². The molecule has 0 N–H and O–H groups in total. The third-order valence-corrected chi connectivity index (χ3v) is 9.58. The highest BCUT2D eigenvalue weighted by molar-refractivity contribution is 8.84. The van der Waals surface area contributed by atoms with Crippen molar-refractivity contribution in [3.8, 4) is 0 Å². The predicted molar refractivity (Wildman–Crippen MR) is 124 cm³/mol. The maximum atomic E-state index is 13.6. The Bertz CT molecular complexity index is 1070. The number of amides is 1. The average Bonchev–Trinajstić information content (AvgIpc) is 3.05. The Balaban J connectivity index is 1.89. The SMILES string of the molecule is Cc1ccc2c(c1)[C@@H]1C(=S)SS[C@@H]1C(C)(C)N2C(=O)c1ccc(Cl)c([N+](=O)[O-])c1. The topological polar surface area (TPSA) is 63.5 Å². The second kappa shape index (κ2) is 7.27. The van der Waals surface area contributed by atoms with E-state index in [2.05, 4.69) is 6.07 Å². The molecule has 2 atom stereocenters. The van der Waals surface area contributed by atoms with Crippen molar-refractivity contribution in [2.24, 2.45) is 0 Å². The molecular formula is C20H17ClN2O3S3. The molecule has 1 amide bonds. The molecule has 2 aliphatic heterocycles. The van der Waals surface area contributed by atoms with Gasteiger partial charge in [0.1, 0.15) is 5.02 Å². The number of thiocarbonyl (C=S) groups is 1. The molecule has 5 nitrogen and oxygen atoms in total. The molecule has 0 aliphatic carbocycles. The molecule has 0 unspecified atom stereocenters. The summed E-state index contributed by atoms with van der Waals surface area (Å²) in [5, 5.41) is 11.4. The molecule has 1 saturated heterocycles. The lowest BCUT2D eigenvalue weighted by molar-refractivity contribution is -0.384. The summed E-state index contributed by atoms with van der Waals surface area (Å²) in [4.78, 5) is 26.1. The molecule has 2 aromatic rings. The Hall–Kier alpha value is -1.61. The fourth-order valence-electron chi connectivity index (χ4n) is 4.00. The monoisotopic (exact) mass is 464 g/mol. The third-order valence-electron chi connectivity index (χ3n) is 5.42. The number of nitro groups is 1. The summed E-state index contributed by atoms with van der Waals surface area (Å²) >= 11 is 11.6. The second-order valence-corrected chi connectivity index (χ2v) is 11.2. The minimum atomic E-state index is -0.574. The summed E-state index contributed by atoms with van der Waals surface area (Å²) in [5.41, 5.74) is 2.35. The Morgan fingerprint density at radius 1 is 1.28 bits per heavy atom. The lowest BCUT2D eigenvalue weighted by Crippen LogP contribution is -2.58. The molecule has 2 heterocycles. The molecule has 150 valence electrons. The van der Waals surface area contributed by atoms with Crippen LogP contribution in [0, 0.1) is 17.0 Å². The smallest absolute Gasteiger partial charge is 0.288 e. The van der Waals surface area contributed by atoms with Crippen molar-refractivity contribution in [1.29, 1.82) is 0 Å². The van der Waals surface area contributed by atoms with Gasteiger partial charge in [0.15, 0.2) is 0 Å². The minimum absolute atomic E-state index is 0.00800. The van der Waals surface area contributed by atoms with Crippen LogP contribution in [0.2, 0.25) is 5.02 Å². The van der Waals surface area contributed by atoms with E-state index >= 15 is 0 Å². The molecule has 2 aromatic carbocycles. The Labute approximate surface area is 186 Å².